The molecule has 1 amide bonds. The first kappa shape index (κ1) is 18.5. The minimum atomic E-state index is -1.01. The van der Waals surface area contributed by atoms with Gasteiger partial charge in [-0.15, -0.1) is 0 Å². The number of hydrogen-bond acceptors (Lipinski definition) is 3. The number of ether oxygens (including phenoxy) is 1. The van der Waals surface area contributed by atoms with Crippen LogP contribution in [0.25, 0.3) is 0 Å². The van der Waals surface area contributed by atoms with Crippen LogP contribution in [0, 0.1) is 5.41 Å². The molecule has 1 heterocycles. The van der Waals surface area contributed by atoms with Gasteiger partial charge in [0.15, 0.2) is 0 Å². The number of rotatable bonds is 4. The number of benzene rings is 1. The van der Waals surface area contributed by atoms with Crippen LogP contribution >= 0.6 is 0 Å². The van der Waals surface area contributed by atoms with Gasteiger partial charge in [0.1, 0.15) is 5.41 Å². The predicted molar refractivity (Wildman–Crippen MR) is 92.2 cm³/mol. The average molecular weight is 333 g/mol. The van der Waals surface area contributed by atoms with Crippen LogP contribution in [-0.4, -0.2) is 48.7 Å². The third-order valence-electron chi connectivity index (χ3n) is 4.70. The Morgan fingerprint density at radius 1 is 1.29 bits per heavy atom. The van der Waals surface area contributed by atoms with Crippen molar-refractivity contribution >= 4 is 11.9 Å². The molecule has 0 aliphatic carbocycles. The number of hydrogen-bond donors (Lipinski definition) is 1. The molecular formula is C19H27NO4. The van der Waals surface area contributed by atoms with Gasteiger partial charge in [0.25, 0.3) is 5.91 Å². The first-order chi connectivity index (χ1) is 11.2. The maximum Gasteiger partial charge on any atom is 0.313 e. The molecule has 0 aromatic heterocycles. The maximum atomic E-state index is 13.1. The summed E-state index contributed by atoms with van der Waals surface area (Å²) in [5, 5.41) is 9.66. The lowest BCUT2D eigenvalue weighted by molar-refractivity contribution is -0.155. The Labute approximate surface area is 143 Å². The third kappa shape index (κ3) is 3.61. The van der Waals surface area contributed by atoms with Crippen molar-refractivity contribution in [3.05, 3.63) is 35.4 Å². The molecule has 5 heteroatoms. The summed E-state index contributed by atoms with van der Waals surface area (Å²) in [6.07, 6.45) is 1.19. The monoisotopic (exact) mass is 333 g/mol. The van der Waals surface area contributed by atoms with Crippen LogP contribution in [0.5, 0.6) is 0 Å². The molecule has 1 atom stereocenters. The lowest BCUT2D eigenvalue weighted by atomic mass is 9.79. The number of likely N-dealkylation sites (tertiary alicyclic amines) is 1. The number of carboxylic acid groups (broad SMARTS) is 1. The van der Waals surface area contributed by atoms with Crippen molar-refractivity contribution in [1.82, 2.24) is 4.90 Å². The van der Waals surface area contributed by atoms with Crippen molar-refractivity contribution in [3.8, 4) is 0 Å². The molecule has 0 spiro atoms. The fraction of sp³-hybridized carbons (Fsp3) is 0.579. The molecular weight excluding hydrogens is 306 g/mol. The highest BCUT2D eigenvalue weighted by molar-refractivity contribution is 5.96. The zero-order valence-corrected chi connectivity index (χ0v) is 15.0. The Balaban J connectivity index is 2.32. The van der Waals surface area contributed by atoms with Crippen LogP contribution in [0.3, 0.4) is 0 Å². The molecule has 1 saturated heterocycles. The van der Waals surface area contributed by atoms with E-state index in [0.717, 1.165) is 5.56 Å². The Morgan fingerprint density at radius 3 is 2.54 bits per heavy atom. The van der Waals surface area contributed by atoms with Gasteiger partial charge in [0, 0.05) is 25.8 Å². The van der Waals surface area contributed by atoms with Crippen LogP contribution in [0.2, 0.25) is 0 Å². The van der Waals surface area contributed by atoms with Crippen LogP contribution in [-0.2, 0) is 14.9 Å². The van der Waals surface area contributed by atoms with Crippen LogP contribution in [0.4, 0.5) is 0 Å². The maximum absolute atomic E-state index is 13.1. The van der Waals surface area contributed by atoms with Crippen molar-refractivity contribution in [2.75, 3.05) is 26.8 Å². The zero-order valence-electron chi connectivity index (χ0n) is 15.0. The molecule has 0 bridgehead atoms. The molecule has 1 N–H and O–H groups in total. The van der Waals surface area contributed by atoms with Crippen LogP contribution < -0.4 is 0 Å². The summed E-state index contributed by atoms with van der Waals surface area (Å²) < 4.78 is 5.14. The van der Waals surface area contributed by atoms with E-state index in [1.807, 2.05) is 24.3 Å². The van der Waals surface area contributed by atoms with Crippen molar-refractivity contribution < 1.29 is 19.4 Å². The Hall–Kier alpha value is -1.88. The van der Waals surface area contributed by atoms with Gasteiger partial charge in [-0.2, -0.15) is 0 Å². The van der Waals surface area contributed by atoms with Crippen molar-refractivity contribution in [2.24, 2.45) is 5.41 Å². The number of carboxylic acids is 1. The highest BCUT2D eigenvalue weighted by Crippen LogP contribution is 2.33. The average Bonchev–Trinajstić information content (AvgIpc) is 2.53. The van der Waals surface area contributed by atoms with E-state index in [0.29, 0.717) is 24.9 Å². The standard InChI is InChI=1S/C19H27NO4/c1-18(2,3)15-9-6-5-8-14(15)16(21)20-11-7-10-19(12-20,13-24-4)17(22)23/h5-6,8-9H,7,10-13H2,1-4H3,(H,22,23). The van der Waals surface area contributed by atoms with E-state index >= 15 is 0 Å². The van der Waals surface area contributed by atoms with E-state index in [-0.39, 0.29) is 24.5 Å². The van der Waals surface area contributed by atoms with E-state index < -0.39 is 11.4 Å². The van der Waals surface area contributed by atoms with Crippen molar-refractivity contribution in [2.45, 2.75) is 39.0 Å². The van der Waals surface area contributed by atoms with E-state index in [9.17, 15) is 14.7 Å². The van der Waals surface area contributed by atoms with E-state index in [1.165, 1.54) is 7.11 Å². The molecule has 24 heavy (non-hydrogen) atoms. The second-order valence-electron chi connectivity index (χ2n) is 7.64. The predicted octanol–water partition coefficient (Wildman–Crippen LogP) is 2.94. The fourth-order valence-electron chi connectivity index (χ4n) is 3.43. The third-order valence-corrected chi connectivity index (χ3v) is 4.70. The largest absolute Gasteiger partial charge is 0.481 e. The number of piperidine rings is 1. The number of aliphatic carboxylic acids is 1. The first-order valence-electron chi connectivity index (χ1n) is 8.32. The number of methoxy groups -OCH3 is 1. The van der Waals surface area contributed by atoms with Crippen molar-refractivity contribution in [3.63, 3.8) is 0 Å². The summed E-state index contributed by atoms with van der Waals surface area (Å²) in [5.74, 6) is -0.993. The lowest BCUT2D eigenvalue weighted by Crippen LogP contribution is -2.52. The number of amides is 1. The van der Waals surface area contributed by atoms with Gasteiger partial charge in [-0.25, -0.2) is 0 Å². The second kappa shape index (κ2) is 6.93. The Morgan fingerprint density at radius 2 is 1.96 bits per heavy atom. The second-order valence-corrected chi connectivity index (χ2v) is 7.64. The van der Waals surface area contributed by atoms with Gasteiger partial charge >= 0.3 is 5.97 Å². The molecule has 1 aliphatic rings. The minimum absolute atomic E-state index is 0.0954. The quantitative estimate of drug-likeness (QED) is 0.920. The van der Waals surface area contributed by atoms with Crippen LogP contribution in [0.1, 0.15) is 49.5 Å². The number of carbonyl (C=O) groups is 2. The van der Waals surface area contributed by atoms with Gasteiger partial charge in [-0.3, -0.25) is 9.59 Å². The molecule has 1 aromatic rings. The highest BCUT2D eigenvalue weighted by atomic mass is 16.5. The summed E-state index contributed by atoms with van der Waals surface area (Å²) in [4.78, 5) is 26.5. The van der Waals surface area contributed by atoms with Gasteiger partial charge in [0.05, 0.1) is 6.61 Å². The number of carbonyl (C=O) groups excluding carboxylic acids is 1. The van der Waals surface area contributed by atoms with E-state index in [1.54, 1.807) is 4.90 Å². The van der Waals surface area contributed by atoms with Gasteiger partial charge < -0.3 is 14.7 Å². The zero-order chi connectivity index (χ0) is 18.0. The summed E-state index contributed by atoms with van der Waals surface area (Å²) in [7, 11) is 1.50. The molecule has 1 fully saturated rings. The molecule has 132 valence electrons. The highest BCUT2D eigenvalue weighted by Gasteiger charge is 2.44. The fourth-order valence-corrected chi connectivity index (χ4v) is 3.43. The summed E-state index contributed by atoms with van der Waals surface area (Å²) in [6, 6.07) is 7.58. The normalized spacial score (nSPS) is 21.6. The Kier molecular flexibility index (Phi) is 5.33. The lowest BCUT2D eigenvalue weighted by Gasteiger charge is -2.40. The molecule has 0 radical (unpaired) electrons. The van der Waals surface area contributed by atoms with Crippen molar-refractivity contribution in [1.29, 1.82) is 0 Å². The molecule has 1 aromatic carbocycles. The molecule has 1 aliphatic heterocycles. The molecule has 2 rings (SSSR count). The minimum Gasteiger partial charge on any atom is -0.481 e. The van der Waals surface area contributed by atoms with Gasteiger partial charge in [-0.1, -0.05) is 39.0 Å². The first-order valence-corrected chi connectivity index (χ1v) is 8.32. The number of nitrogens with zero attached hydrogens (tertiary/aromatic N) is 1. The molecule has 1 unspecified atom stereocenters. The SMILES string of the molecule is COCC1(C(=O)O)CCCN(C(=O)c2ccccc2C(C)(C)C)C1. The van der Waals surface area contributed by atoms with E-state index in [4.69, 9.17) is 4.74 Å². The Bertz CT molecular complexity index is 616. The summed E-state index contributed by atoms with van der Waals surface area (Å²) in [5.41, 5.74) is 0.467. The van der Waals surface area contributed by atoms with E-state index in [2.05, 4.69) is 20.8 Å². The summed E-state index contributed by atoms with van der Waals surface area (Å²) >= 11 is 0. The molecule has 5 nitrogen and oxygen atoms in total. The van der Waals surface area contributed by atoms with Crippen LogP contribution in [0.15, 0.2) is 24.3 Å². The van der Waals surface area contributed by atoms with Gasteiger partial charge in [-0.05, 0) is 29.9 Å². The van der Waals surface area contributed by atoms with Gasteiger partial charge in [0.2, 0.25) is 0 Å². The molecule has 0 saturated carbocycles. The smallest absolute Gasteiger partial charge is 0.313 e. The topological polar surface area (TPSA) is 66.8 Å². The summed E-state index contributed by atoms with van der Waals surface area (Å²) in [6.45, 7) is 7.10.